The fourth-order valence-electron chi connectivity index (χ4n) is 7.01. The summed E-state index contributed by atoms with van der Waals surface area (Å²) >= 11 is 0. The summed E-state index contributed by atoms with van der Waals surface area (Å²) in [4.78, 5) is 9.76. The molecule has 0 aromatic carbocycles. The molecule has 8 aromatic rings. The highest BCUT2D eigenvalue weighted by Gasteiger charge is 2.19. The minimum absolute atomic E-state index is 0.205. The molecule has 0 bridgehead atoms. The van der Waals surface area contributed by atoms with Gasteiger partial charge in [-0.15, -0.1) is 0 Å². The summed E-state index contributed by atoms with van der Waals surface area (Å²) in [5.74, 6) is 0. The largest absolute Gasteiger partial charge is 0.394 e. The molecule has 0 aliphatic rings. The first-order valence-corrected chi connectivity index (χ1v) is 20.1. The Balaban J connectivity index is 0.000000179. The third kappa shape index (κ3) is 9.00. The van der Waals surface area contributed by atoms with Crippen molar-refractivity contribution in [1.82, 2.24) is 68.3 Å². The Morgan fingerprint density at radius 1 is 0.542 bits per heavy atom. The van der Waals surface area contributed by atoms with Gasteiger partial charge in [-0.25, -0.2) is 19.0 Å². The Morgan fingerprint density at radius 3 is 1.41 bits per heavy atom. The lowest BCUT2D eigenvalue weighted by atomic mass is 10.1. The second-order valence-electron chi connectivity index (χ2n) is 14.7. The van der Waals surface area contributed by atoms with E-state index in [9.17, 15) is 15.3 Å². The van der Waals surface area contributed by atoms with E-state index in [-0.39, 0.29) is 19.7 Å². The van der Waals surface area contributed by atoms with E-state index in [1.54, 1.807) is 62.5 Å². The van der Waals surface area contributed by atoms with Crippen LogP contribution in [0.15, 0.2) is 86.5 Å². The van der Waals surface area contributed by atoms with Gasteiger partial charge in [0.05, 0.1) is 133 Å². The maximum absolute atomic E-state index is 9.90. The molecule has 0 aliphatic heterocycles. The minimum Gasteiger partial charge on any atom is -0.394 e. The van der Waals surface area contributed by atoms with Crippen LogP contribution in [0.4, 0.5) is 0 Å². The molecule has 0 amide bonds. The van der Waals surface area contributed by atoms with E-state index in [1.165, 1.54) is 0 Å². The number of fused-ring (bicyclic) bond motifs is 2. The molecule has 0 aliphatic carbocycles. The molecule has 8 aromatic heterocycles. The van der Waals surface area contributed by atoms with Crippen LogP contribution in [0.1, 0.15) is 72.4 Å². The van der Waals surface area contributed by atoms with E-state index in [1.807, 2.05) is 58.7 Å². The molecule has 0 saturated carbocycles. The van der Waals surface area contributed by atoms with E-state index < -0.39 is 18.3 Å². The van der Waals surface area contributed by atoms with Crippen molar-refractivity contribution in [2.45, 2.75) is 104 Å². The highest BCUT2D eigenvalue weighted by molar-refractivity contribution is 5.79. The average Bonchev–Trinajstić information content (AvgIpc) is 4.10. The average molecular weight is 805 g/mol. The predicted octanol–water partition coefficient (Wildman–Crippen LogP) is 4.73. The quantitative estimate of drug-likeness (QED) is 0.104. The van der Waals surface area contributed by atoms with Crippen LogP contribution in [0, 0.1) is 0 Å². The monoisotopic (exact) mass is 804 g/mol. The lowest BCUT2D eigenvalue weighted by Crippen LogP contribution is -2.27. The topological polar surface area (TPSA) is 213 Å². The zero-order valence-corrected chi connectivity index (χ0v) is 34.0. The van der Waals surface area contributed by atoms with Gasteiger partial charge in [-0.3, -0.25) is 18.7 Å². The number of aromatic nitrogens is 14. The van der Waals surface area contributed by atoms with Gasteiger partial charge >= 0.3 is 0 Å². The van der Waals surface area contributed by atoms with Crippen molar-refractivity contribution in [3.63, 3.8) is 0 Å². The van der Waals surface area contributed by atoms with Crippen molar-refractivity contribution in [3.05, 3.63) is 86.5 Å². The molecule has 8 heterocycles. The molecular formula is C41H52N14O4. The first-order chi connectivity index (χ1) is 28.6. The second-order valence-corrected chi connectivity index (χ2v) is 14.7. The summed E-state index contributed by atoms with van der Waals surface area (Å²) in [5.41, 5.74) is 8.34. The maximum atomic E-state index is 9.90. The zero-order valence-electron chi connectivity index (χ0n) is 34.0. The summed E-state index contributed by atoms with van der Waals surface area (Å²) in [6.45, 7) is 10.3. The molecule has 310 valence electrons. The molecule has 8 rings (SSSR count). The Morgan fingerprint density at radius 2 is 0.983 bits per heavy atom. The van der Waals surface area contributed by atoms with Crippen LogP contribution in [-0.2, 0) is 13.1 Å². The summed E-state index contributed by atoms with van der Waals surface area (Å²) in [5, 5.41) is 64.5. The lowest BCUT2D eigenvalue weighted by molar-refractivity contribution is 0.0186. The van der Waals surface area contributed by atoms with Crippen molar-refractivity contribution in [2.24, 2.45) is 0 Å². The molecule has 59 heavy (non-hydrogen) atoms. The summed E-state index contributed by atoms with van der Waals surface area (Å²) in [6, 6.07) is 4.59. The minimum atomic E-state index is -0.884. The molecular weight excluding hydrogens is 753 g/mol. The Kier molecular flexibility index (Phi) is 12.7. The zero-order chi connectivity index (χ0) is 41.6. The van der Waals surface area contributed by atoms with Crippen molar-refractivity contribution in [2.75, 3.05) is 6.61 Å². The van der Waals surface area contributed by atoms with Crippen molar-refractivity contribution in [1.29, 1.82) is 0 Å². The number of aliphatic hydroxyl groups is 4. The molecule has 4 N–H and O–H groups in total. The van der Waals surface area contributed by atoms with Gasteiger partial charge in [-0.2, -0.15) is 30.6 Å². The maximum Gasteiger partial charge on any atom is 0.0999 e. The van der Waals surface area contributed by atoms with Crippen LogP contribution >= 0.6 is 0 Å². The number of rotatable bonds is 16. The van der Waals surface area contributed by atoms with E-state index in [2.05, 4.69) is 58.3 Å². The second kappa shape index (κ2) is 18.2. The van der Waals surface area contributed by atoms with Gasteiger partial charge in [0.15, 0.2) is 0 Å². The molecule has 3 atom stereocenters. The highest BCUT2D eigenvalue weighted by Crippen LogP contribution is 2.30. The van der Waals surface area contributed by atoms with Crippen LogP contribution < -0.4 is 0 Å². The Labute approximate surface area is 341 Å². The number of hydrogen-bond donors (Lipinski definition) is 4. The van der Waals surface area contributed by atoms with Gasteiger partial charge in [0.1, 0.15) is 0 Å². The predicted molar refractivity (Wildman–Crippen MR) is 221 cm³/mol. The third-order valence-electron chi connectivity index (χ3n) is 10.6. The molecule has 0 radical (unpaired) electrons. The van der Waals surface area contributed by atoms with E-state index in [0.717, 1.165) is 76.1 Å². The first-order valence-electron chi connectivity index (χ1n) is 20.1. The Hall–Kier alpha value is -6.08. The molecule has 1 unspecified atom stereocenters. The van der Waals surface area contributed by atoms with Gasteiger partial charge in [-0.1, -0.05) is 27.7 Å². The third-order valence-corrected chi connectivity index (χ3v) is 10.6. The molecule has 18 heteroatoms. The number of hydrogen-bond acceptors (Lipinski definition) is 12. The van der Waals surface area contributed by atoms with Crippen LogP contribution in [0.5, 0.6) is 0 Å². The normalized spacial score (nSPS) is 13.4. The molecule has 18 nitrogen and oxygen atoms in total. The molecule has 0 spiro atoms. The van der Waals surface area contributed by atoms with Crippen LogP contribution in [0.25, 0.3) is 56.1 Å². The summed E-state index contributed by atoms with van der Waals surface area (Å²) in [7, 11) is 0. The van der Waals surface area contributed by atoms with Crippen molar-refractivity contribution in [3.8, 4) is 45.0 Å². The van der Waals surface area contributed by atoms with Gasteiger partial charge in [0.2, 0.25) is 0 Å². The van der Waals surface area contributed by atoms with E-state index in [4.69, 9.17) is 15.1 Å². The van der Waals surface area contributed by atoms with Crippen molar-refractivity contribution >= 4 is 11.0 Å². The molecule has 0 saturated heterocycles. The van der Waals surface area contributed by atoms with Crippen LogP contribution in [0.3, 0.4) is 0 Å². The standard InChI is InChI=1S/C21H27N7O2.C20H25N7O2/c1-4-17(5-2)27-11-16(9-24-27)21-19-6-7-22-28(19)12-18(25-21)15-8-23-26(10-15)13-20(30)14(3)29;1-3-16(4-2)26-10-15(8-23-26)20-19-5-6-21-27(19)12-18(24-20)14-7-22-25(9-14)11-17(29)13-28/h6-12,14,17,20,29-30H,4-5,13H2,1-3H3;5-10,12,16-17,28-29H,3-4,11,13H2,1-2H3/t14-,20-;/m1./s1. The summed E-state index contributed by atoms with van der Waals surface area (Å²) < 4.78 is 10.8. The van der Waals surface area contributed by atoms with Crippen LogP contribution in [0.2, 0.25) is 0 Å². The van der Waals surface area contributed by atoms with Gasteiger partial charge in [0.25, 0.3) is 0 Å². The van der Waals surface area contributed by atoms with Gasteiger partial charge in [-0.05, 0) is 44.7 Å². The molecule has 0 fully saturated rings. The summed E-state index contributed by atoms with van der Waals surface area (Å²) in [6.07, 6.45) is 23.5. The fraction of sp³-hybridized carbons (Fsp3) is 0.415. The smallest absolute Gasteiger partial charge is 0.0999 e. The fourth-order valence-corrected chi connectivity index (χ4v) is 7.01. The van der Waals surface area contributed by atoms with Gasteiger partial charge < -0.3 is 20.4 Å². The van der Waals surface area contributed by atoms with E-state index >= 15 is 0 Å². The first kappa shape index (κ1) is 41.1. The Bertz CT molecular complexity index is 2570. The SMILES string of the molecule is CCC(CC)n1cc(-c2nc(-c3cnn(CC(O)CO)c3)cn3nccc23)cn1.CCC(CC)n1cc(-c2nc(-c3cnn(C[C@@H](O)[C@@H](C)O)c3)cn3nccc23)cn1. The van der Waals surface area contributed by atoms with Crippen LogP contribution in [-0.4, -0.2) is 114 Å². The van der Waals surface area contributed by atoms with E-state index in [0.29, 0.717) is 17.8 Å². The lowest BCUT2D eigenvalue weighted by Gasteiger charge is -2.12. The number of nitrogens with zero attached hydrogens (tertiary/aromatic N) is 14. The highest BCUT2D eigenvalue weighted by atomic mass is 16.3. The van der Waals surface area contributed by atoms with Crippen molar-refractivity contribution < 1.29 is 20.4 Å². The number of aliphatic hydroxyl groups excluding tert-OH is 4. The van der Waals surface area contributed by atoms with Gasteiger partial charge in [0, 0.05) is 47.0 Å².